The van der Waals surface area contributed by atoms with Crippen molar-refractivity contribution in [3.05, 3.63) is 30.3 Å². The van der Waals surface area contributed by atoms with E-state index in [0.29, 0.717) is 6.04 Å². The van der Waals surface area contributed by atoms with Crippen LogP contribution in [0.1, 0.15) is 6.92 Å². The van der Waals surface area contributed by atoms with Crippen molar-refractivity contribution in [2.24, 2.45) is 0 Å². The molecule has 0 aliphatic carbocycles. The van der Waals surface area contributed by atoms with Gasteiger partial charge in [-0.15, -0.1) is 11.8 Å². The first-order valence-corrected chi connectivity index (χ1v) is 4.78. The number of rotatable bonds is 3. The van der Waals surface area contributed by atoms with Gasteiger partial charge in [-0.2, -0.15) is 0 Å². The van der Waals surface area contributed by atoms with Crippen LogP contribution in [-0.2, 0) is 0 Å². The predicted molar refractivity (Wildman–Crippen MR) is 49.5 cm³/mol. The van der Waals surface area contributed by atoms with Crippen LogP contribution in [-0.4, -0.2) is 11.8 Å². The molecule has 0 fully saturated rings. The summed E-state index contributed by atoms with van der Waals surface area (Å²) in [6.07, 6.45) is 0. The van der Waals surface area contributed by atoms with Gasteiger partial charge in [-0.05, 0) is 19.1 Å². The Morgan fingerprint density at radius 1 is 1.36 bits per heavy atom. The first kappa shape index (κ1) is 8.62. The van der Waals surface area contributed by atoms with Crippen molar-refractivity contribution < 1.29 is 5.73 Å². The molecule has 1 atom stereocenters. The molecule has 2 heteroatoms. The van der Waals surface area contributed by atoms with Crippen LogP contribution in [0.4, 0.5) is 0 Å². The molecule has 0 heterocycles. The first-order valence-electron chi connectivity index (χ1n) is 3.80. The minimum atomic E-state index is 0.528. The molecule has 0 aliphatic rings. The summed E-state index contributed by atoms with van der Waals surface area (Å²) in [7, 11) is 0. The van der Waals surface area contributed by atoms with Crippen LogP contribution in [0.15, 0.2) is 35.2 Å². The zero-order valence-electron chi connectivity index (χ0n) is 6.79. The van der Waals surface area contributed by atoms with Gasteiger partial charge in [0.15, 0.2) is 0 Å². The van der Waals surface area contributed by atoms with E-state index in [4.69, 9.17) is 0 Å². The molecule has 0 spiro atoms. The van der Waals surface area contributed by atoms with Gasteiger partial charge in [0.25, 0.3) is 0 Å². The maximum Gasteiger partial charge on any atom is 0.0910 e. The third-order valence-corrected chi connectivity index (χ3v) is 2.62. The molecule has 1 aromatic carbocycles. The Labute approximate surface area is 72.0 Å². The van der Waals surface area contributed by atoms with E-state index in [9.17, 15) is 0 Å². The van der Waals surface area contributed by atoms with Crippen molar-refractivity contribution in [1.82, 2.24) is 0 Å². The molecule has 0 radical (unpaired) electrons. The van der Waals surface area contributed by atoms with E-state index in [1.165, 1.54) is 4.90 Å². The molecule has 0 aromatic heterocycles. The van der Waals surface area contributed by atoms with Crippen LogP contribution in [0.25, 0.3) is 0 Å². The molecule has 0 saturated heterocycles. The summed E-state index contributed by atoms with van der Waals surface area (Å²) in [4.78, 5) is 1.34. The van der Waals surface area contributed by atoms with E-state index in [-0.39, 0.29) is 0 Å². The van der Waals surface area contributed by atoms with E-state index in [1.54, 1.807) is 0 Å². The second kappa shape index (κ2) is 4.42. The number of quaternary nitrogens is 1. The number of thioether (sulfide) groups is 1. The summed E-state index contributed by atoms with van der Waals surface area (Å²) in [5.74, 6) is 1.10. The van der Waals surface area contributed by atoms with Gasteiger partial charge in [0.05, 0.1) is 6.04 Å². The van der Waals surface area contributed by atoms with Gasteiger partial charge >= 0.3 is 0 Å². The standard InChI is InChI=1S/C9H13NS/c1-8(10)7-11-9-5-3-2-4-6-9/h2-6,8H,7,10H2,1H3/p+1/t8-/m0/s1. The summed E-state index contributed by atoms with van der Waals surface area (Å²) in [5, 5.41) is 0. The van der Waals surface area contributed by atoms with Gasteiger partial charge in [-0.25, -0.2) is 0 Å². The molecule has 0 saturated carbocycles. The highest BCUT2D eigenvalue weighted by atomic mass is 32.2. The fourth-order valence-electron chi connectivity index (χ4n) is 0.755. The van der Waals surface area contributed by atoms with Crippen molar-refractivity contribution in [2.75, 3.05) is 5.75 Å². The summed E-state index contributed by atoms with van der Waals surface area (Å²) in [6, 6.07) is 11.0. The third-order valence-electron chi connectivity index (χ3n) is 1.28. The highest BCUT2D eigenvalue weighted by Gasteiger charge is 1.97. The predicted octanol–water partition coefficient (Wildman–Crippen LogP) is 1.41. The first-order chi connectivity index (χ1) is 5.29. The minimum absolute atomic E-state index is 0.528. The van der Waals surface area contributed by atoms with Gasteiger partial charge in [0, 0.05) is 10.6 Å². The van der Waals surface area contributed by atoms with Crippen LogP contribution < -0.4 is 5.73 Å². The maximum atomic E-state index is 3.93. The van der Waals surface area contributed by atoms with Gasteiger partial charge < -0.3 is 5.73 Å². The van der Waals surface area contributed by atoms with E-state index in [2.05, 4.69) is 36.9 Å². The number of hydrogen-bond donors (Lipinski definition) is 1. The molecule has 0 bridgehead atoms. The van der Waals surface area contributed by atoms with Gasteiger partial charge in [-0.3, -0.25) is 0 Å². The summed E-state index contributed by atoms with van der Waals surface area (Å²) < 4.78 is 0. The summed E-state index contributed by atoms with van der Waals surface area (Å²) in [6.45, 7) is 2.13. The topological polar surface area (TPSA) is 27.6 Å². The van der Waals surface area contributed by atoms with Crippen molar-refractivity contribution in [3.63, 3.8) is 0 Å². The van der Waals surface area contributed by atoms with E-state index in [0.717, 1.165) is 5.75 Å². The number of benzene rings is 1. The van der Waals surface area contributed by atoms with Crippen molar-refractivity contribution in [3.8, 4) is 0 Å². The fraction of sp³-hybridized carbons (Fsp3) is 0.333. The van der Waals surface area contributed by atoms with Crippen LogP contribution >= 0.6 is 11.8 Å². The lowest BCUT2D eigenvalue weighted by Gasteiger charge is -2.00. The Balaban J connectivity index is 2.39. The molecule has 0 aliphatic heterocycles. The lowest BCUT2D eigenvalue weighted by atomic mass is 10.4. The van der Waals surface area contributed by atoms with Crippen LogP contribution in [0.2, 0.25) is 0 Å². The third kappa shape index (κ3) is 3.44. The lowest BCUT2D eigenvalue weighted by molar-refractivity contribution is -0.406. The average molecular weight is 168 g/mol. The average Bonchev–Trinajstić information content (AvgIpc) is 2.03. The molecule has 1 aromatic rings. The molecule has 1 nitrogen and oxygen atoms in total. The summed E-state index contributed by atoms with van der Waals surface area (Å²) in [5.41, 5.74) is 3.93. The monoisotopic (exact) mass is 168 g/mol. The molecule has 3 N–H and O–H groups in total. The zero-order valence-corrected chi connectivity index (χ0v) is 7.60. The van der Waals surface area contributed by atoms with Crippen LogP contribution in [0, 0.1) is 0 Å². The largest absolute Gasteiger partial charge is 0.355 e. The zero-order chi connectivity index (χ0) is 8.10. The Morgan fingerprint density at radius 3 is 2.55 bits per heavy atom. The van der Waals surface area contributed by atoms with Gasteiger partial charge in [-0.1, -0.05) is 18.2 Å². The van der Waals surface area contributed by atoms with E-state index in [1.807, 2.05) is 17.8 Å². The molecule has 0 amide bonds. The molecule has 60 valence electrons. The van der Waals surface area contributed by atoms with Gasteiger partial charge in [0.2, 0.25) is 0 Å². The Morgan fingerprint density at radius 2 is 2.00 bits per heavy atom. The highest BCUT2D eigenvalue weighted by molar-refractivity contribution is 7.99. The molecule has 11 heavy (non-hydrogen) atoms. The minimum Gasteiger partial charge on any atom is -0.355 e. The highest BCUT2D eigenvalue weighted by Crippen LogP contribution is 2.16. The second-order valence-corrected chi connectivity index (χ2v) is 3.82. The smallest absolute Gasteiger partial charge is 0.0910 e. The normalized spacial score (nSPS) is 12.9. The van der Waals surface area contributed by atoms with E-state index < -0.39 is 0 Å². The van der Waals surface area contributed by atoms with E-state index >= 15 is 0 Å². The maximum absolute atomic E-state index is 3.93. The van der Waals surface area contributed by atoms with Crippen LogP contribution in [0.5, 0.6) is 0 Å². The van der Waals surface area contributed by atoms with Crippen molar-refractivity contribution in [2.45, 2.75) is 17.9 Å². The Hall–Kier alpha value is -0.470. The second-order valence-electron chi connectivity index (χ2n) is 2.73. The van der Waals surface area contributed by atoms with Gasteiger partial charge in [0.1, 0.15) is 0 Å². The van der Waals surface area contributed by atoms with Crippen LogP contribution in [0.3, 0.4) is 0 Å². The molecular weight excluding hydrogens is 154 g/mol. The molecular formula is C9H14NS+. The lowest BCUT2D eigenvalue weighted by Crippen LogP contribution is -2.60. The fourth-order valence-corrected chi connectivity index (χ4v) is 1.58. The Bertz CT molecular complexity index is 196. The Kier molecular flexibility index (Phi) is 3.46. The SMILES string of the molecule is C[C@H]([NH3+])CSc1ccccc1. The molecule has 0 unspecified atom stereocenters. The van der Waals surface area contributed by atoms with Crippen molar-refractivity contribution >= 4 is 11.8 Å². The number of hydrogen-bond acceptors (Lipinski definition) is 1. The summed E-state index contributed by atoms with van der Waals surface area (Å²) >= 11 is 1.87. The molecule has 1 rings (SSSR count). The quantitative estimate of drug-likeness (QED) is 0.679. The van der Waals surface area contributed by atoms with Crippen molar-refractivity contribution in [1.29, 1.82) is 0 Å².